The van der Waals surface area contributed by atoms with Crippen molar-refractivity contribution in [3.8, 4) is 5.75 Å². The molecule has 1 atom stereocenters. The van der Waals surface area contributed by atoms with Crippen molar-refractivity contribution >= 4 is 5.91 Å². The van der Waals surface area contributed by atoms with Gasteiger partial charge >= 0.3 is 0 Å². The molecule has 1 saturated heterocycles. The van der Waals surface area contributed by atoms with Gasteiger partial charge in [0.05, 0.1) is 12.5 Å². The summed E-state index contributed by atoms with van der Waals surface area (Å²) in [5, 5.41) is 4.08. The van der Waals surface area contributed by atoms with Gasteiger partial charge in [0.25, 0.3) is 5.56 Å². The third kappa shape index (κ3) is 4.03. The number of carbonyl (C=O) groups is 1. The Morgan fingerprint density at radius 1 is 1.07 bits per heavy atom. The van der Waals surface area contributed by atoms with Crippen LogP contribution in [0.3, 0.4) is 0 Å². The number of ether oxygens (including phenoxy) is 1. The van der Waals surface area contributed by atoms with E-state index in [4.69, 9.17) is 4.74 Å². The lowest BCUT2D eigenvalue weighted by Crippen LogP contribution is -2.52. The van der Waals surface area contributed by atoms with Crippen LogP contribution < -0.4 is 10.3 Å². The van der Waals surface area contributed by atoms with E-state index in [1.807, 2.05) is 29.2 Å². The van der Waals surface area contributed by atoms with Crippen molar-refractivity contribution in [2.75, 3.05) is 39.3 Å². The summed E-state index contributed by atoms with van der Waals surface area (Å²) in [5.41, 5.74) is 1.03. The summed E-state index contributed by atoms with van der Waals surface area (Å²) in [6.07, 6.45) is 2.38. The highest BCUT2D eigenvalue weighted by Crippen LogP contribution is 2.27. The van der Waals surface area contributed by atoms with Gasteiger partial charge in [-0.25, -0.2) is 4.68 Å². The van der Waals surface area contributed by atoms with Gasteiger partial charge in [-0.2, -0.15) is 5.10 Å². The Kier molecular flexibility index (Phi) is 5.20. The minimum absolute atomic E-state index is 0.0797. The highest BCUT2D eigenvalue weighted by Gasteiger charge is 2.31. The molecule has 1 aromatic carbocycles. The Balaban J connectivity index is 1.27. The van der Waals surface area contributed by atoms with Crippen molar-refractivity contribution in [1.29, 1.82) is 0 Å². The summed E-state index contributed by atoms with van der Waals surface area (Å²) in [7, 11) is 0. The first-order valence-electron chi connectivity index (χ1n) is 9.45. The van der Waals surface area contributed by atoms with Crippen LogP contribution in [0.25, 0.3) is 0 Å². The average molecular weight is 368 g/mol. The molecule has 0 radical (unpaired) electrons. The van der Waals surface area contributed by atoms with Gasteiger partial charge in [-0.3, -0.25) is 14.5 Å². The van der Waals surface area contributed by atoms with Crippen LogP contribution in [0.15, 0.2) is 47.4 Å². The van der Waals surface area contributed by atoms with E-state index in [-0.39, 0.29) is 17.4 Å². The topological polar surface area (TPSA) is 67.7 Å². The minimum Gasteiger partial charge on any atom is -0.492 e. The second-order valence-electron chi connectivity index (χ2n) is 7.07. The van der Waals surface area contributed by atoms with Gasteiger partial charge in [-0.1, -0.05) is 18.2 Å². The molecule has 2 aliphatic heterocycles. The van der Waals surface area contributed by atoms with Crippen molar-refractivity contribution in [1.82, 2.24) is 19.6 Å². The number of fused-ring (bicyclic) bond motifs is 1. The van der Waals surface area contributed by atoms with Crippen LogP contribution in [0.5, 0.6) is 5.75 Å². The van der Waals surface area contributed by atoms with Crippen molar-refractivity contribution in [2.24, 2.45) is 5.92 Å². The zero-order valence-electron chi connectivity index (χ0n) is 15.3. The molecule has 27 heavy (non-hydrogen) atoms. The molecular weight excluding hydrogens is 344 g/mol. The molecule has 1 aromatic heterocycles. The zero-order chi connectivity index (χ0) is 18.6. The Morgan fingerprint density at radius 2 is 1.89 bits per heavy atom. The first-order valence-corrected chi connectivity index (χ1v) is 9.45. The van der Waals surface area contributed by atoms with Gasteiger partial charge in [0.15, 0.2) is 0 Å². The molecule has 2 aliphatic rings. The Bertz CT molecular complexity index is 858. The quantitative estimate of drug-likeness (QED) is 0.792. The summed E-state index contributed by atoms with van der Waals surface area (Å²) >= 11 is 0. The summed E-state index contributed by atoms with van der Waals surface area (Å²) in [6, 6.07) is 11.1. The minimum atomic E-state index is -0.0986. The molecule has 3 heterocycles. The summed E-state index contributed by atoms with van der Waals surface area (Å²) in [4.78, 5) is 28.8. The highest BCUT2D eigenvalue weighted by molar-refractivity contribution is 5.80. The van der Waals surface area contributed by atoms with Gasteiger partial charge in [0.2, 0.25) is 5.91 Å². The van der Waals surface area contributed by atoms with E-state index in [1.165, 1.54) is 10.7 Å². The molecule has 142 valence electrons. The van der Waals surface area contributed by atoms with Crippen molar-refractivity contribution in [3.63, 3.8) is 0 Å². The number of piperazine rings is 1. The van der Waals surface area contributed by atoms with Crippen LogP contribution in [0.1, 0.15) is 5.56 Å². The third-order valence-electron chi connectivity index (χ3n) is 5.33. The molecule has 0 bridgehead atoms. The molecule has 7 nitrogen and oxygen atoms in total. The molecule has 1 unspecified atom stereocenters. The number of hydrogen-bond donors (Lipinski definition) is 0. The van der Waals surface area contributed by atoms with Gasteiger partial charge < -0.3 is 9.64 Å². The number of hydrogen-bond acceptors (Lipinski definition) is 5. The van der Waals surface area contributed by atoms with E-state index >= 15 is 0 Å². The lowest BCUT2D eigenvalue weighted by atomic mass is 9.95. The average Bonchev–Trinajstić information content (AvgIpc) is 2.73. The number of amides is 1. The fourth-order valence-electron chi connectivity index (χ4n) is 3.73. The number of para-hydroxylation sites is 1. The molecule has 7 heteroatoms. The second kappa shape index (κ2) is 7.92. The number of rotatable bonds is 4. The smallest absolute Gasteiger partial charge is 0.266 e. The fourth-order valence-corrected chi connectivity index (χ4v) is 3.73. The molecule has 1 fully saturated rings. The Hall–Kier alpha value is -2.67. The van der Waals surface area contributed by atoms with E-state index in [1.54, 1.807) is 12.3 Å². The van der Waals surface area contributed by atoms with Crippen LogP contribution in [0.4, 0.5) is 0 Å². The van der Waals surface area contributed by atoms with Crippen LogP contribution in [0, 0.1) is 5.92 Å². The first kappa shape index (κ1) is 17.7. The van der Waals surface area contributed by atoms with Gasteiger partial charge in [-0.05, 0) is 24.1 Å². The Morgan fingerprint density at radius 3 is 2.70 bits per heavy atom. The number of carbonyl (C=O) groups excluding carboxylic acids is 1. The number of benzene rings is 1. The SMILES string of the molecule is O=C(C1COc2ccccc2C1)N1CCN(CCn2ncccc2=O)CC1. The lowest BCUT2D eigenvalue weighted by Gasteiger charge is -2.37. The number of nitrogens with zero attached hydrogens (tertiary/aromatic N) is 4. The standard InChI is InChI=1S/C20H24N4O3/c25-19-6-3-7-21-24(19)13-10-22-8-11-23(12-9-22)20(26)17-14-16-4-1-2-5-18(16)27-15-17/h1-7,17H,8-15H2. The third-order valence-corrected chi connectivity index (χ3v) is 5.33. The van der Waals surface area contributed by atoms with Gasteiger partial charge in [0.1, 0.15) is 12.4 Å². The van der Waals surface area contributed by atoms with Crippen molar-refractivity contribution < 1.29 is 9.53 Å². The van der Waals surface area contributed by atoms with Crippen molar-refractivity contribution in [2.45, 2.75) is 13.0 Å². The number of aromatic nitrogens is 2. The first-order chi connectivity index (χ1) is 13.2. The molecule has 0 saturated carbocycles. The van der Waals surface area contributed by atoms with Gasteiger partial charge in [0, 0.05) is 45.0 Å². The molecule has 0 spiro atoms. The monoisotopic (exact) mass is 368 g/mol. The van der Waals surface area contributed by atoms with E-state index in [9.17, 15) is 9.59 Å². The maximum Gasteiger partial charge on any atom is 0.266 e. The van der Waals surface area contributed by atoms with Crippen LogP contribution in [-0.4, -0.2) is 64.8 Å². The molecule has 0 aliphatic carbocycles. The zero-order valence-corrected chi connectivity index (χ0v) is 15.3. The lowest BCUT2D eigenvalue weighted by molar-refractivity contribution is -0.138. The largest absolute Gasteiger partial charge is 0.492 e. The van der Waals surface area contributed by atoms with E-state index in [0.717, 1.165) is 37.4 Å². The highest BCUT2D eigenvalue weighted by atomic mass is 16.5. The molecule has 2 aromatic rings. The summed E-state index contributed by atoms with van der Waals surface area (Å²) in [5.74, 6) is 0.986. The second-order valence-corrected chi connectivity index (χ2v) is 7.07. The normalized spacial score (nSPS) is 20.0. The van der Waals surface area contributed by atoms with E-state index in [2.05, 4.69) is 10.00 Å². The Labute approximate surface area is 158 Å². The van der Waals surface area contributed by atoms with E-state index < -0.39 is 0 Å². The van der Waals surface area contributed by atoms with Crippen LogP contribution in [-0.2, 0) is 17.8 Å². The maximum atomic E-state index is 12.9. The summed E-state index contributed by atoms with van der Waals surface area (Å²) in [6.45, 7) is 4.86. The van der Waals surface area contributed by atoms with Gasteiger partial charge in [-0.15, -0.1) is 0 Å². The maximum absolute atomic E-state index is 12.9. The predicted molar refractivity (Wildman–Crippen MR) is 101 cm³/mol. The molecular formula is C20H24N4O3. The van der Waals surface area contributed by atoms with Crippen LogP contribution >= 0.6 is 0 Å². The van der Waals surface area contributed by atoms with Crippen molar-refractivity contribution in [3.05, 3.63) is 58.5 Å². The molecule has 0 N–H and O–H groups in total. The molecule has 4 rings (SSSR count). The summed E-state index contributed by atoms with van der Waals surface area (Å²) < 4.78 is 7.25. The predicted octanol–water partition coefficient (Wildman–Crippen LogP) is 0.639. The molecule has 1 amide bonds. The fraction of sp³-hybridized carbons (Fsp3) is 0.450. The van der Waals surface area contributed by atoms with E-state index in [0.29, 0.717) is 26.2 Å². The van der Waals surface area contributed by atoms with Crippen LogP contribution in [0.2, 0.25) is 0 Å².